The molecule has 0 radical (unpaired) electrons. The van der Waals surface area contributed by atoms with Crippen LogP contribution in [0.4, 0.5) is 0 Å². The molecule has 0 heterocycles. The average Bonchev–Trinajstić information content (AvgIpc) is 2.66. The van der Waals surface area contributed by atoms with Gasteiger partial charge in [0.05, 0.1) is 11.7 Å². The largest absolute Gasteiger partial charge is 0.490 e. The minimum atomic E-state index is -0.354. The van der Waals surface area contributed by atoms with E-state index in [2.05, 4.69) is 13.8 Å². The monoisotopic (exact) mass is 354 g/mol. The second kappa shape index (κ2) is 11.3. The number of ether oxygens (including phenoxy) is 2. The summed E-state index contributed by atoms with van der Waals surface area (Å²) < 4.78 is 11.5. The lowest BCUT2D eigenvalue weighted by Crippen LogP contribution is -2.16. The van der Waals surface area contributed by atoms with E-state index >= 15 is 0 Å². The van der Waals surface area contributed by atoms with Gasteiger partial charge in [-0.05, 0) is 55.7 Å². The van der Waals surface area contributed by atoms with Gasteiger partial charge in [0.1, 0.15) is 11.5 Å². The molecule has 0 bridgehead atoms. The van der Waals surface area contributed by atoms with E-state index in [1.807, 2.05) is 30.3 Å². The van der Waals surface area contributed by atoms with Crippen LogP contribution in [0.3, 0.4) is 0 Å². The van der Waals surface area contributed by atoms with Gasteiger partial charge in [0, 0.05) is 0 Å². The molecule has 0 amide bonds. The van der Waals surface area contributed by atoms with Crippen LogP contribution in [-0.2, 0) is 0 Å². The highest BCUT2D eigenvalue weighted by molar-refractivity contribution is 5.91. The summed E-state index contributed by atoms with van der Waals surface area (Å²) in [5.74, 6) is 1.01. The van der Waals surface area contributed by atoms with Gasteiger partial charge in [0.15, 0.2) is 0 Å². The van der Waals surface area contributed by atoms with E-state index < -0.39 is 0 Å². The number of carbonyl (C=O) groups excluding carboxylic acids is 1. The molecule has 0 saturated heterocycles. The Hall–Kier alpha value is -2.29. The van der Waals surface area contributed by atoms with Gasteiger partial charge in [-0.2, -0.15) is 0 Å². The van der Waals surface area contributed by atoms with Crippen LogP contribution in [0, 0.1) is 0 Å². The van der Waals surface area contributed by atoms with E-state index in [9.17, 15) is 4.79 Å². The van der Waals surface area contributed by atoms with Crippen LogP contribution in [-0.4, -0.2) is 12.1 Å². The van der Waals surface area contributed by atoms with Crippen LogP contribution < -0.4 is 9.47 Å². The second-order valence-corrected chi connectivity index (χ2v) is 6.60. The Balaban J connectivity index is 1.89. The number of para-hydroxylation sites is 1. The van der Waals surface area contributed by atoms with E-state index in [0.29, 0.717) is 11.3 Å². The highest BCUT2D eigenvalue weighted by Crippen LogP contribution is 2.20. The molecule has 3 nitrogen and oxygen atoms in total. The molecular weight excluding hydrogens is 324 g/mol. The molecule has 140 valence electrons. The van der Waals surface area contributed by atoms with Crippen molar-refractivity contribution < 1.29 is 14.3 Å². The minimum absolute atomic E-state index is 0.249. The summed E-state index contributed by atoms with van der Waals surface area (Å²) in [6.07, 6.45) is 8.52. The fourth-order valence-corrected chi connectivity index (χ4v) is 2.90. The summed E-state index contributed by atoms with van der Waals surface area (Å²) in [6, 6.07) is 16.3. The fourth-order valence-electron chi connectivity index (χ4n) is 2.90. The van der Waals surface area contributed by atoms with Crippen molar-refractivity contribution in [3.8, 4) is 11.5 Å². The number of benzene rings is 2. The highest BCUT2D eigenvalue weighted by Gasteiger charge is 2.12. The summed E-state index contributed by atoms with van der Waals surface area (Å²) >= 11 is 0. The van der Waals surface area contributed by atoms with Crippen molar-refractivity contribution in [1.82, 2.24) is 0 Å². The van der Waals surface area contributed by atoms with Crippen molar-refractivity contribution in [3.63, 3.8) is 0 Å². The molecule has 0 N–H and O–H groups in total. The Bertz CT molecular complexity index is 634. The zero-order chi connectivity index (χ0) is 18.6. The van der Waals surface area contributed by atoms with Crippen molar-refractivity contribution in [3.05, 3.63) is 60.2 Å². The van der Waals surface area contributed by atoms with Crippen LogP contribution in [0.1, 0.15) is 69.2 Å². The van der Waals surface area contributed by atoms with E-state index in [4.69, 9.17) is 9.47 Å². The van der Waals surface area contributed by atoms with E-state index in [1.165, 1.54) is 25.7 Å². The Kier molecular flexibility index (Phi) is 8.74. The molecule has 0 saturated carbocycles. The Morgan fingerprint density at radius 3 is 2.19 bits per heavy atom. The van der Waals surface area contributed by atoms with Crippen molar-refractivity contribution in [2.24, 2.45) is 0 Å². The van der Waals surface area contributed by atoms with Gasteiger partial charge in [-0.15, -0.1) is 0 Å². The number of rotatable bonds is 11. The Labute approximate surface area is 157 Å². The van der Waals surface area contributed by atoms with Crippen LogP contribution >= 0.6 is 0 Å². The third-order valence-electron chi connectivity index (χ3n) is 4.34. The SMILES string of the molecule is CCCCCCC(CCC)Oc1ccc(C(=O)Oc2ccccc2)cc1. The molecule has 2 aromatic carbocycles. The number of carbonyl (C=O) groups is 1. The first kappa shape index (κ1) is 20.0. The number of unbranched alkanes of at least 4 members (excludes halogenated alkanes) is 3. The lowest BCUT2D eigenvalue weighted by atomic mass is 10.1. The van der Waals surface area contributed by atoms with Crippen LogP contribution in [0.25, 0.3) is 0 Å². The predicted molar refractivity (Wildman–Crippen MR) is 106 cm³/mol. The smallest absolute Gasteiger partial charge is 0.343 e. The maximum absolute atomic E-state index is 12.2. The van der Waals surface area contributed by atoms with Gasteiger partial charge in [-0.1, -0.05) is 57.7 Å². The van der Waals surface area contributed by atoms with E-state index in [0.717, 1.165) is 25.0 Å². The van der Waals surface area contributed by atoms with Gasteiger partial charge in [-0.3, -0.25) is 0 Å². The van der Waals surface area contributed by atoms with Crippen molar-refractivity contribution in [1.29, 1.82) is 0 Å². The van der Waals surface area contributed by atoms with Gasteiger partial charge >= 0.3 is 5.97 Å². The summed E-state index contributed by atoms with van der Waals surface area (Å²) in [5.41, 5.74) is 0.524. The first-order valence-electron chi connectivity index (χ1n) is 9.76. The molecule has 0 aromatic heterocycles. The predicted octanol–water partition coefficient (Wildman–Crippen LogP) is 6.42. The highest BCUT2D eigenvalue weighted by atomic mass is 16.5. The molecule has 2 aromatic rings. The Morgan fingerprint density at radius 2 is 1.54 bits per heavy atom. The summed E-state index contributed by atoms with van der Waals surface area (Å²) in [6.45, 7) is 4.41. The van der Waals surface area contributed by atoms with E-state index in [-0.39, 0.29) is 12.1 Å². The fraction of sp³-hybridized carbons (Fsp3) is 0.435. The first-order chi connectivity index (χ1) is 12.7. The lowest BCUT2D eigenvalue weighted by Gasteiger charge is -2.19. The van der Waals surface area contributed by atoms with Gasteiger partial charge in [-0.25, -0.2) is 4.79 Å². The molecule has 2 rings (SSSR count). The third kappa shape index (κ3) is 6.91. The average molecular weight is 354 g/mol. The third-order valence-corrected chi connectivity index (χ3v) is 4.34. The van der Waals surface area contributed by atoms with Crippen molar-refractivity contribution >= 4 is 5.97 Å². The van der Waals surface area contributed by atoms with Crippen LogP contribution in [0.5, 0.6) is 11.5 Å². The first-order valence-corrected chi connectivity index (χ1v) is 9.76. The Morgan fingerprint density at radius 1 is 0.808 bits per heavy atom. The van der Waals surface area contributed by atoms with Crippen molar-refractivity contribution in [2.75, 3.05) is 0 Å². The summed E-state index contributed by atoms with van der Waals surface area (Å²) in [5, 5.41) is 0. The lowest BCUT2D eigenvalue weighted by molar-refractivity contribution is 0.0734. The molecule has 0 fully saturated rings. The van der Waals surface area contributed by atoms with Crippen molar-refractivity contribution in [2.45, 2.75) is 64.9 Å². The molecule has 1 unspecified atom stereocenters. The molecule has 3 heteroatoms. The maximum Gasteiger partial charge on any atom is 0.343 e. The zero-order valence-corrected chi connectivity index (χ0v) is 15.9. The molecule has 0 aliphatic heterocycles. The number of hydrogen-bond donors (Lipinski definition) is 0. The molecule has 0 spiro atoms. The van der Waals surface area contributed by atoms with Crippen LogP contribution in [0.2, 0.25) is 0 Å². The summed E-state index contributed by atoms with van der Waals surface area (Å²) in [7, 11) is 0. The number of esters is 1. The quantitative estimate of drug-likeness (QED) is 0.265. The standard InChI is InChI=1S/C23H30O3/c1-3-5-6-8-12-20(11-4-2)25-22-17-15-19(16-18-22)23(24)26-21-13-9-7-10-14-21/h7,9-10,13-18,20H,3-6,8,11-12H2,1-2H3. The normalized spacial score (nSPS) is 11.8. The minimum Gasteiger partial charge on any atom is -0.490 e. The van der Waals surface area contributed by atoms with Gasteiger partial charge in [0.2, 0.25) is 0 Å². The summed E-state index contributed by atoms with van der Waals surface area (Å²) in [4.78, 5) is 12.2. The molecule has 0 aliphatic carbocycles. The van der Waals surface area contributed by atoms with Crippen LogP contribution in [0.15, 0.2) is 54.6 Å². The van der Waals surface area contributed by atoms with Gasteiger partial charge < -0.3 is 9.47 Å². The zero-order valence-electron chi connectivity index (χ0n) is 15.9. The van der Waals surface area contributed by atoms with E-state index in [1.54, 1.807) is 24.3 Å². The molecular formula is C23H30O3. The maximum atomic E-state index is 12.2. The molecule has 1 atom stereocenters. The topological polar surface area (TPSA) is 35.5 Å². The second-order valence-electron chi connectivity index (χ2n) is 6.60. The molecule has 26 heavy (non-hydrogen) atoms. The van der Waals surface area contributed by atoms with Gasteiger partial charge in [0.25, 0.3) is 0 Å². The number of hydrogen-bond acceptors (Lipinski definition) is 3. The molecule has 0 aliphatic rings.